The van der Waals surface area contributed by atoms with Crippen molar-refractivity contribution in [1.82, 2.24) is 0 Å². The molecule has 0 aliphatic carbocycles. The molecule has 0 aromatic heterocycles. The first-order chi connectivity index (χ1) is 28.3. The SMILES string of the molecule is c1ccc(N(c2ccccc2)c2cc3c4c(c2)N(c2ccc5ccccc5c2)c2cccc5c2B4c2c(cccc2C5(c2ccccc2)c2ccccc2)O3)cc1. The minimum absolute atomic E-state index is 0.0330. The fraction of sp³-hybridized carbons (Fsp3) is 0.0189. The Hall–Kier alpha value is -7.30. The van der Waals surface area contributed by atoms with Gasteiger partial charge in [-0.25, -0.2) is 0 Å². The van der Waals surface area contributed by atoms with Crippen molar-refractivity contribution in [2.45, 2.75) is 5.41 Å². The average Bonchev–Trinajstić information content (AvgIpc) is 3.28. The molecule has 3 nitrogen and oxygen atoms in total. The summed E-state index contributed by atoms with van der Waals surface area (Å²) in [5.74, 6) is 1.79. The van der Waals surface area contributed by atoms with E-state index in [1.165, 1.54) is 55.1 Å². The molecule has 0 amide bonds. The molecule has 0 fully saturated rings. The van der Waals surface area contributed by atoms with Gasteiger partial charge in [-0.1, -0.05) is 152 Å². The molecular weight excluding hydrogens is 691 g/mol. The van der Waals surface area contributed by atoms with Crippen molar-refractivity contribution in [3.63, 3.8) is 0 Å². The first kappa shape index (κ1) is 32.0. The summed E-state index contributed by atoms with van der Waals surface area (Å²) in [5.41, 5.74) is 14.8. The van der Waals surface area contributed by atoms with Crippen molar-refractivity contribution in [3.8, 4) is 11.5 Å². The number of rotatable bonds is 6. The van der Waals surface area contributed by atoms with E-state index in [2.05, 4.69) is 222 Å². The molecule has 0 radical (unpaired) electrons. The van der Waals surface area contributed by atoms with E-state index >= 15 is 0 Å². The summed E-state index contributed by atoms with van der Waals surface area (Å²) in [5, 5.41) is 2.42. The van der Waals surface area contributed by atoms with Crippen molar-refractivity contribution >= 4 is 68.0 Å². The maximum atomic E-state index is 7.28. The van der Waals surface area contributed by atoms with Crippen LogP contribution in [0.1, 0.15) is 22.3 Å². The Morgan fingerprint density at radius 2 is 0.982 bits per heavy atom. The average molecular weight is 727 g/mol. The van der Waals surface area contributed by atoms with Gasteiger partial charge in [0.15, 0.2) is 0 Å². The van der Waals surface area contributed by atoms with E-state index in [0.29, 0.717) is 0 Å². The predicted molar refractivity (Wildman–Crippen MR) is 236 cm³/mol. The number of benzene rings is 9. The van der Waals surface area contributed by atoms with Crippen LogP contribution < -0.4 is 30.9 Å². The fourth-order valence-electron chi connectivity index (χ4n) is 10.1. The zero-order valence-electron chi connectivity index (χ0n) is 31.1. The lowest BCUT2D eigenvalue weighted by Crippen LogP contribution is -2.66. The highest BCUT2D eigenvalue weighted by Gasteiger charge is 2.54. The molecule has 3 aliphatic heterocycles. The number of para-hydroxylation sites is 2. The van der Waals surface area contributed by atoms with Crippen molar-refractivity contribution < 1.29 is 4.74 Å². The zero-order chi connectivity index (χ0) is 37.5. The third-order valence-electron chi connectivity index (χ3n) is 12.3. The molecule has 9 aromatic rings. The van der Waals surface area contributed by atoms with Gasteiger partial charge in [0, 0.05) is 34.5 Å². The summed E-state index contributed by atoms with van der Waals surface area (Å²) in [6.45, 7) is -0.0330. The van der Waals surface area contributed by atoms with Crippen LogP contribution in [0.15, 0.2) is 212 Å². The number of hydrogen-bond acceptors (Lipinski definition) is 3. The Morgan fingerprint density at radius 3 is 1.65 bits per heavy atom. The lowest BCUT2D eigenvalue weighted by molar-refractivity contribution is 0.486. The smallest absolute Gasteiger partial charge is 0.257 e. The maximum Gasteiger partial charge on any atom is 0.257 e. The molecule has 0 atom stereocenters. The fourth-order valence-corrected chi connectivity index (χ4v) is 10.1. The third kappa shape index (κ3) is 4.56. The van der Waals surface area contributed by atoms with Gasteiger partial charge in [0.1, 0.15) is 11.5 Å². The third-order valence-corrected chi connectivity index (χ3v) is 12.3. The van der Waals surface area contributed by atoms with Crippen LogP contribution in [0.25, 0.3) is 10.8 Å². The van der Waals surface area contributed by atoms with Crippen LogP contribution in [0.2, 0.25) is 0 Å². The molecule has 266 valence electrons. The molecule has 0 bridgehead atoms. The number of ether oxygens (including phenoxy) is 1. The quantitative estimate of drug-likeness (QED) is 0.159. The second-order valence-corrected chi connectivity index (χ2v) is 15.2. The molecular formula is C53H35BN2O. The summed E-state index contributed by atoms with van der Waals surface area (Å²) >= 11 is 0. The molecule has 0 saturated heterocycles. The van der Waals surface area contributed by atoms with Crippen LogP contribution >= 0.6 is 0 Å². The topological polar surface area (TPSA) is 15.7 Å². The molecule has 3 aliphatic rings. The second kappa shape index (κ2) is 12.4. The number of anilines is 6. The molecule has 0 N–H and O–H groups in total. The van der Waals surface area contributed by atoms with Gasteiger partial charge in [-0.2, -0.15) is 0 Å². The van der Waals surface area contributed by atoms with Crippen LogP contribution in [-0.2, 0) is 5.41 Å². The van der Waals surface area contributed by atoms with Crippen LogP contribution in [0, 0.1) is 0 Å². The molecule has 57 heavy (non-hydrogen) atoms. The first-order valence-corrected chi connectivity index (χ1v) is 19.7. The van der Waals surface area contributed by atoms with E-state index in [1.807, 2.05) is 0 Å². The van der Waals surface area contributed by atoms with Gasteiger partial charge < -0.3 is 14.5 Å². The van der Waals surface area contributed by atoms with E-state index in [4.69, 9.17) is 4.74 Å². The highest BCUT2D eigenvalue weighted by molar-refractivity contribution is 7.00. The Morgan fingerprint density at radius 1 is 0.404 bits per heavy atom. The molecule has 12 rings (SSSR count). The van der Waals surface area contributed by atoms with E-state index in [-0.39, 0.29) is 6.71 Å². The summed E-state index contributed by atoms with van der Waals surface area (Å²) in [6.07, 6.45) is 0. The molecule has 9 aromatic carbocycles. The van der Waals surface area contributed by atoms with Crippen LogP contribution in [0.5, 0.6) is 11.5 Å². The van der Waals surface area contributed by atoms with Gasteiger partial charge in [-0.3, -0.25) is 0 Å². The minimum atomic E-state index is -0.583. The van der Waals surface area contributed by atoms with Crippen LogP contribution in [0.4, 0.5) is 34.1 Å². The zero-order valence-corrected chi connectivity index (χ0v) is 31.1. The molecule has 4 heteroatoms. The van der Waals surface area contributed by atoms with Crippen molar-refractivity contribution in [3.05, 3.63) is 235 Å². The lowest BCUT2D eigenvalue weighted by Gasteiger charge is -2.50. The van der Waals surface area contributed by atoms with E-state index in [1.54, 1.807) is 0 Å². The molecule has 0 saturated carbocycles. The van der Waals surface area contributed by atoms with Crippen molar-refractivity contribution in [2.75, 3.05) is 9.80 Å². The maximum absolute atomic E-state index is 7.28. The van der Waals surface area contributed by atoms with Gasteiger partial charge in [-0.15, -0.1) is 0 Å². The lowest BCUT2D eigenvalue weighted by atomic mass is 9.28. The molecule has 0 spiro atoms. The predicted octanol–water partition coefficient (Wildman–Crippen LogP) is 11.4. The number of hydrogen-bond donors (Lipinski definition) is 0. The summed E-state index contributed by atoms with van der Waals surface area (Å²) in [7, 11) is 0. The standard InChI is InChI=1S/C53H35BN2O/c1-5-19-38(20-6-1)53(39-21-7-2-8-22-39)44-27-15-29-46-50(44)54-51-45(53)28-16-30-48(51)57-49-35-43(55(40-23-9-3-10-24-40)41-25-11-4-12-26-41)34-47(52(49)54)56(46)42-32-31-36-17-13-14-18-37(36)33-42/h1-35H. The largest absolute Gasteiger partial charge is 0.458 e. The summed E-state index contributed by atoms with van der Waals surface area (Å²) in [6, 6.07) is 77.3. The Bertz CT molecular complexity index is 2930. The van der Waals surface area contributed by atoms with E-state index < -0.39 is 5.41 Å². The van der Waals surface area contributed by atoms with Gasteiger partial charge in [0.05, 0.1) is 11.1 Å². The Balaban J connectivity index is 1.21. The van der Waals surface area contributed by atoms with Gasteiger partial charge in [-0.05, 0) is 104 Å². The van der Waals surface area contributed by atoms with Gasteiger partial charge in [0.2, 0.25) is 0 Å². The normalized spacial score (nSPS) is 13.8. The van der Waals surface area contributed by atoms with Crippen molar-refractivity contribution in [2.24, 2.45) is 0 Å². The summed E-state index contributed by atoms with van der Waals surface area (Å²) in [4.78, 5) is 4.84. The molecule has 0 unspecified atom stereocenters. The van der Waals surface area contributed by atoms with Crippen LogP contribution in [-0.4, -0.2) is 6.71 Å². The first-order valence-electron chi connectivity index (χ1n) is 19.7. The minimum Gasteiger partial charge on any atom is -0.458 e. The van der Waals surface area contributed by atoms with E-state index in [0.717, 1.165) is 39.9 Å². The molecule has 3 heterocycles. The number of fused-ring (bicyclic) bond motifs is 1. The highest BCUT2D eigenvalue weighted by Crippen LogP contribution is 2.53. The number of nitrogens with zero attached hydrogens (tertiary/aromatic N) is 2. The van der Waals surface area contributed by atoms with Crippen LogP contribution in [0.3, 0.4) is 0 Å². The van der Waals surface area contributed by atoms with E-state index in [9.17, 15) is 0 Å². The summed E-state index contributed by atoms with van der Waals surface area (Å²) < 4.78 is 7.28. The highest BCUT2D eigenvalue weighted by atomic mass is 16.5. The van der Waals surface area contributed by atoms with Crippen molar-refractivity contribution in [1.29, 1.82) is 0 Å². The van der Waals surface area contributed by atoms with Gasteiger partial charge >= 0.3 is 0 Å². The Kier molecular flexibility index (Phi) is 6.94. The monoisotopic (exact) mass is 726 g/mol. The second-order valence-electron chi connectivity index (χ2n) is 15.2. The van der Waals surface area contributed by atoms with Gasteiger partial charge in [0.25, 0.3) is 6.71 Å². The Labute approximate surface area is 332 Å².